The van der Waals surface area contributed by atoms with Gasteiger partial charge < -0.3 is 10.2 Å². The molecule has 1 aliphatic carbocycles. The van der Waals surface area contributed by atoms with Crippen LogP contribution in [-0.2, 0) is 4.79 Å². The number of unbranched alkanes of at least 4 members (excludes halogenated alkanes) is 6. The zero-order valence-corrected chi connectivity index (χ0v) is 14.4. The predicted molar refractivity (Wildman–Crippen MR) is 95.2 cm³/mol. The van der Waals surface area contributed by atoms with Crippen LogP contribution in [0.4, 0.5) is 0 Å². The summed E-state index contributed by atoms with van der Waals surface area (Å²) in [6.07, 6.45) is 18.0. The highest BCUT2D eigenvalue weighted by molar-refractivity contribution is 6.07. The third-order valence-electron chi connectivity index (χ3n) is 4.22. The molecule has 1 rings (SSSR count). The summed E-state index contributed by atoms with van der Waals surface area (Å²) in [5, 5.41) is 18.7. The van der Waals surface area contributed by atoms with E-state index < -0.39 is 6.10 Å². The van der Waals surface area contributed by atoms with Crippen LogP contribution in [0.1, 0.15) is 64.7 Å². The maximum atomic E-state index is 11.9. The number of carbonyl (C=O) groups excluding carboxylic acids is 1. The van der Waals surface area contributed by atoms with Crippen molar-refractivity contribution < 1.29 is 15.0 Å². The second-order valence-corrected chi connectivity index (χ2v) is 6.28. The Morgan fingerprint density at radius 1 is 1.17 bits per heavy atom. The Labute approximate surface area is 140 Å². The molecule has 0 aromatic rings. The highest BCUT2D eigenvalue weighted by Gasteiger charge is 2.20. The van der Waals surface area contributed by atoms with E-state index in [4.69, 9.17) is 5.11 Å². The van der Waals surface area contributed by atoms with Gasteiger partial charge in [0.05, 0.1) is 6.10 Å². The van der Waals surface area contributed by atoms with Crippen molar-refractivity contribution in [3.05, 3.63) is 36.0 Å². The van der Waals surface area contributed by atoms with E-state index in [1.165, 1.54) is 0 Å². The van der Waals surface area contributed by atoms with Crippen molar-refractivity contribution in [2.24, 2.45) is 5.92 Å². The van der Waals surface area contributed by atoms with Crippen LogP contribution in [0.5, 0.6) is 0 Å². The molecule has 0 fully saturated rings. The van der Waals surface area contributed by atoms with Gasteiger partial charge in [0, 0.05) is 18.1 Å². The van der Waals surface area contributed by atoms with Crippen molar-refractivity contribution in [3.63, 3.8) is 0 Å². The minimum atomic E-state index is -0.412. The first-order valence-corrected chi connectivity index (χ1v) is 9.08. The fourth-order valence-corrected chi connectivity index (χ4v) is 2.77. The molecule has 0 heterocycles. The number of hydrogen-bond donors (Lipinski definition) is 2. The molecule has 3 nitrogen and oxygen atoms in total. The lowest BCUT2D eigenvalue weighted by Gasteiger charge is -2.08. The van der Waals surface area contributed by atoms with Gasteiger partial charge in [0.1, 0.15) is 0 Å². The quantitative estimate of drug-likeness (QED) is 0.323. The maximum Gasteiger partial charge on any atom is 0.182 e. The Kier molecular flexibility index (Phi) is 10.6. The van der Waals surface area contributed by atoms with Gasteiger partial charge in [0.2, 0.25) is 0 Å². The first-order valence-electron chi connectivity index (χ1n) is 9.08. The number of aliphatic hydroxyl groups is 2. The zero-order chi connectivity index (χ0) is 16.9. The number of allylic oxidation sites excluding steroid dienone is 5. The molecular formula is C20H32O3. The Morgan fingerprint density at radius 3 is 2.70 bits per heavy atom. The number of rotatable bonds is 12. The van der Waals surface area contributed by atoms with Crippen LogP contribution in [0.25, 0.3) is 0 Å². The lowest BCUT2D eigenvalue weighted by atomic mass is 9.98. The normalized spacial score (nSPS) is 20.9. The van der Waals surface area contributed by atoms with Crippen LogP contribution in [0.2, 0.25) is 0 Å². The van der Waals surface area contributed by atoms with E-state index >= 15 is 0 Å². The largest absolute Gasteiger partial charge is 0.396 e. The van der Waals surface area contributed by atoms with Crippen LogP contribution in [0.15, 0.2) is 36.0 Å². The van der Waals surface area contributed by atoms with E-state index in [1.54, 1.807) is 6.08 Å². The lowest BCUT2D eigenvalue weighted by molar-refractivity contribution is -0.111. The van der Waals surface area contributed by atoms with Gasteiger partial charge in [0.25, 0.3) is 0 Å². The highest BCUT2D eigenvalue weighted by atomic mass is 16.3. The molecule has 1 aliphatic rings. The van der Waals surface area contributed by atoms with Crippen molar-refractivity contribution in [3.8, 4) is 0 Å². The Hall–Kier alpha value is -1.19. The molecule has 0 amide bonds. The lowest BCUT2D eigenvalue weighted by Crippen LogP contribution is -2.05. The van der Waals surface area contributed by atoms with Gasteiger partial charge >= 0.3 is 0 Å². The van der Waals surface area contributed by atoms with Gasteiger partial charge in [-0.25, -0.2) is 0 Å². The molecule has 3 heteroatoms. The van der Waals surface area contributed by atoms with E-state index in [-0.39, 0.29) is 18.3 Å². The highest BCUT2D eigenvalue weighted by Crippen LogP contribution is 2.24. The van der Waals surface area contributed by atoms with Crippen LogP contribution in [0, 0.1) is 5.92 Å². The average Bonchev–Trinajstić information content (AvgIpc) is 2.89. The molecule has 0 aromatic carbocycles. The summed E-state index contributed by atoms with van der Waals surface area (Å²) in [6, 6.07) is 0. The zero-order valence-electron chi connectivity index (χ0n) is 14.4. The second kappa shape index (κ2) is 12.3. The molecule has 2 atom stereocenters. The van der Waals surface area contributed by atoms with Gasteiger partial charge in [-0.1, -0.05) is 63.3 Å². The topological polar surface area (TPSA) is 57.5 Å². The molecule has 2 unspecified atom stereocenters. The molecule has 0 spiro atoms. The summed E-state index contributed by atoms with van der Waals surface area (Å²) < 4.78 is 0. The first kappa shape index (κ1) is 19.9. The number of carbonyl (C=O) groups is 1. The monoisotopic (exact) mass is 320 g/mol. The van der Waals surface area contributed by atoms with Gasteiger partial charge in [-0.2, -0.15) is 0 Å². The van der Waals surface area contributed by atoms with Crippen LogP contribution in [0.3, 0.4) is 0 Å². The summed E-state index contributed by atoms with van der Waals surface area (Å²) in [7, 11) is 0. The van der Waals surface area contributed by atoms with Crippen LogP contribution in [-0.4, -0.2) is 28.7 Å². The summed E-state index contributed by atoms with van der Waals surface area (Å²) in [6.45, 7) is 2.41. The fraction of sp³-hybridized carbons (Fsp3) is 0.650. The van der Waals surface area contributed by atoms with Crippen LogP contribution < -0.4 is 0 Å². The van der Waals surface area contributed by atoms with Gasteiger partial charge in [0.15, 0.2) is 5.78 Å². The third kappa shape index (κ3) is 8.29. The SMILES string of the molecule is CCCCCC(O)/C=C/C1C=CC(=O)/C1=C\CCCCCCO. The molecule has 0 aliphatic heterocycles. The van der Waals surface area contributed by atoms with Gasteiger partial charge in [-0.05, 0) is 31.8 Å². The summed E-state index contributed by atoms with van der Waals surface area (Å²) >= 11 is 0. The van der Waals surface area contributed by atoms with E-state index in [1.807, 2.05) is 24.3 Å². The first-order chi connectivity index (χ1) is 11.2. The molecule has 2 N–H and O–H groups in total. The third-order valence-corrected chi connectivity index (χ3v) is 4.22. The molecule has 0 aromatic heterocycles. The molecule has 0 radical (unpaired) electrons. The smallest absolute Gasteiger partial charge is 0.182 e. The standard InChI is InChI=1S/C20H32O3/c1-2-3-7-10-18(22)14-12-17-13-15-20(23)19(17)11-8-5-4-6-9-16-21/h11-15,17-18,21-22H,2-10,16H2,1H3/b14-12+,19-11-. The molecule has 130 valence electrons. The van der Waals surface area contributed by atoms with Crippen molar-refractivity contribution in [1.82, 2.24) is 0 Å². The number of aliphatic hydroxyl groups excluding tert-OH is 2. The van der Waals surface area contributed by atoms with E-state index in [9.17, 15) is 9.90 Å². The van der Waals surface area contributed by atoms with Crippen molar-refractivity contribution in [2.45, 2.75) is 70.8 Å². The fourth-order valence-electron chi connectivity index (χ4n) is 2.77. The van der Waals surface area contributed by atoms with Gasteiger partial charge in [-0.3, -0.25) is 4.79 Å². The summed E-state index contributed by atoms with van der Waals surface area (Å²) in [5.74, 6) is 0.108. The van der Waals surface area contributed by atoms with Gasteiger partial charge in [-0.15, -0.1) is 0 Å². The van der Waals surface area contributed by atoms with Crippen molar-refractivity contribution in [2.75, 3.05) is 6.61 Å². The average molecular weight is 320 g/mol. The number of hydrogen-bond acceptors (Lipinski definition) is 3. The minimum Gasteiger partial charge on any atom is -0.396 e. The van der Waals surface area contributed by atoms with Crippen LogP contribution >= 0.6 is 0 Å². The van der Waals surface area contributed by atoms with Crippen molar-refractivity contribution >= 4 is 5.78 Å². The summed E-state index contributed by atoms with van der Waals surface area (Å²) in [5.41, 5.74) is 0.837. The maximum absolute atomic E-state index is 11.9. The predicted octanol–water partition coefficient (Wildman–Crippen LogP) is 4.11. The van der Waals surface area contributed by atoms with E-state index in [0.29, 0.717) is 0 Å². The summed E-state index contributed by atoms with van der Waals surface area (Å²) in [4.78, 5) is 11.9. The molecule has 0 saturated heterocycles. The Morgan fingerprint density at radius 2 is 1.96 bits per heavy atom. The van der Waals surface area contributed by atoms with Crippen molar-refractivity contribution in [1.29, 1.82) is 0 Å². The molecule has 0 bridgehead atoms. The molecular weight excluding hydrogens is 288 g/mol. The second-order valence-electron chi connectivity index (χ2n) is 6.28. The minimum absolute atomic E-state index is 0.0146. The Bertz CT molecular complexity index is 421. The van der Waals surface area contributed by atoms with E-state index in [2.05, 4.69) is 6.92 Å². The Balaban J connectivity index is 2.40. The molecule has 23 heavy (non-hydrogen) atoms. The number of ketones is 1. The molecule has 0 saturated carbocycles. The van der Waals surface area contributed by atoms with E-state index in [0.717, 1.165) is 63.4 Å².